The second kappa shape index (κ2) is 6.07. The summed E-state index contributed by atoms with van der Waals surface area (Å²) in [7, 11) is 0. The fraction of sp³-hybridized carbons (Fsp3) is 0.688. The Bertz CT molecular complexity index is 488. The molecule has 2 aliphatic heterocycles. The number of nitrogens with one attached hydrogen (secondary N) is 1. The van der Waals surface area contributed by atoms with E-state index in [2.05, 4.69) is 37.5 Å². The Balaban J connectivity index is 1.81. The minimum atomic E-state index is -0.0743. The summed E-state index contributed by atoms with van der Waals surface area (Å²) in [6, 6.07) is 4.09. The van der Waals surface area contributed by atoms with Crippen LogP contribution >= 0.6 is 11.3 Å². The molecule has 1 N–H and O–H groups in total. The largest absolute Gasteiger partial charge is 0.378 e. The highest BCUT2D eigenvalue weighted by atomic mass is 32.1. The van der Waals surface area contributed by atoms with Crippen molar-refractivity contribution in [3.8, 4) is 0 Å². The summed E-state index contributed by atoms with van der Waals surface area (Å²) < 4.78 is 5.66. The Morgan fingerprint density at radius 2 is 2.33 bits per heavy atom. The van der Waals surface area contributed by atoms with Crippen LogP contribution < -0.4 is 5.32 Å². The number of hydrogen-bond acceptors (Lipinski definition) is 4. The Morgan fingerprint density at radius 1 is 1.52 bits per heavy atom. The van der Waals surface area contributed by atoms with Gasteiger partial charge in [-0.2, -0.15) is 0 Å². The molecule has 4 nitrogen and oxygen atoms in total. The van der Waals surface area contributed by atoms with Gasteiger partial charge in [0, 0.05) is 23.9 Å². The molecule has 2 aliphatic rings. The molecule has 2 saturated heterocycles. The van der Waals surface area contributed by atoms with Crippen molar-refractivity contribution >= 4 is 17.2 Å². The van der Waals surface area contributed by atoms with E-state index in [4.69, 9.17) is 4.74 Å². The van der Waals surface area contributed by atoms with Gasteiger partial charge >= 0.3 is 0 Å². The van der Waals surface area contributed by atoms with Crippen molar-refractivity contribution in [2.24, 2.45) is 11.8 Å². The molecular formula is C16H24N2O2S. The molecule has 0 aromatic carbocycles. The Hall–Kier alpha value is -0.910. The van der Waals surface area contributed by atoms with Gasteiger partial charge in [-0.25, -0.2) is 0 Å². The number of thiophene rings is 1. The first-order valence-corrected chi connectivity index (χ1v) is 8.67. The lowest BCUT2D eigenvalue weighted by Gasteiger charge is -2.27. The third-order valence-corrected chi connectivity index (χ3v) is 5.57. The molecule has 0 bridgehead atoms. The van der Waals surface area contributed by atoms with Crippen molar-refractivity contribution in [2.75, 3.05) is 13.2 Å². The van der Waals surface area contributed by atoms with Gasteiger partial charge in [0.25, 0.3) is 0 Å². The van der Waals surface area contributed by atoms with Crippen molar-refractivity contribution in [3.63, 3.8) is 0 Å². The van der Waals surface area contributed by atoms with E-state index in [1.54, 1.807) is 11.3 Å². The summed E-state index contributed by atoms with van der Waals surface area (Å²) in [5, 5.41) is 5.60. The Morgan fingerprint density at radius 3 is 2.90 bits per heavy atom. The van der Waals surface area contributed by atoms with Gasteiger partial charge in [0.2, 0.25) is 5.91 Å². The topological polar surface area (TPSA) is 41.6 Å². The van der Waals surface area contributed by atoms with Gasteiger partial charge in [-0.1, -0.05) is 19.9 Å². The summed E-state index contributed by atoms with van der Waals surface area (Å²) in [6.07, 6.45) is 1.33. The first-order chi connectivity index (χ1) is 10.1. The molecule has 0 saturated carbocycles. The zero-order valence-electron chi connectivity index (χ0n) is 12.9. The van der Waals surface area contributed by atoms with E-state index < -0.39 is 0 Å². The molecule has 0 aliphatic carbocycles. The first-order valence-electron chi connectivity index (χ1n) is 7.79. The van der Waals surface area contributed by atoms with Gasteiger partial charge in [-0.3, -0.25) is 10.1 Å². The summed E-state index contributed by atoms with van der Waals surface area (Å²) in [5.74, 6) is 0.994. The average molecular weight is 308 g/mol. The predicted octanol–water partition coefficient (Wildman–Crippen LogP) is 2.63. The van der Waals surface area contributed by atoms with E-state index in [9.17, 15) is 4.79 Å². The van der Waals surface area contributed by atoms with Crippen LogP contribution in [0, 0.1) is 11.8 Å². The fourth-order valence-corrected chi connectivity index (χ4v) is 4.06. The average Bonchev–Trinajstić information content (AvgIpc) is 3.13. The van der Waals surface area contributed by atoms with Gasteiger partial charge in [0.15, 0.2) is 0 Å². The van der Waals surface area contributed by atoms with Crippen LogP contribution in [-0.4, -0.2) is 36.1 Å². The molecule has 3 rings (SSSR count). The lowest BCUT2D eigenvalue weighted by atomic mass is 10.0. The molecule has 5 heteroatoms. The van der Waals surface area contributed by atoms with E-state index in [0.717, 1.165) is 19.6 Å². The second-order valence-electron chi connectivity index (χ2n) is 6.42. The summed E-state index contributed by atoms with van der Waals surface area (Å²) >= 11 is 1.71. The number of nitrogens with zero attached hydrogens (tertiary/aromatic N) is 1. The molecule has 2 fully saturated rings. The highest BCUT2D eigenvalue weighted by molar-refractivity contribution is 7.10. The second-order valence-corrected chi connectivity index (χ2v) is 7.40. The van der Waals surface area contributed by atoms with Crippen molar-refractivity contribution in [3.05, 3.63) is 22.4 Å². The first kappa shape index (κ1) is 15.0. The van der Waals surface area contributed by atoms with Crippen LogP contribution in [0.15, 0.2) is 17.5 Å². The van der Waals surface area contributed by atoms with Crippen LogP contribution in [0.1, 0.15) is 38.2 Å². The van der Waals surface area contributed by atoms with E-state index in [1.165, 1.54) is 4.88 Å². The number of carbonyl (C=O) groups is 1. The molecular weight excluding hydrogens is 284 g/mol. The molecule has 4 unspecified atom stereocenters. The van der Waals surface area contributed by atoms with Crippen LogP contribution in [0.3, 0.4) is 0 Å². The van der Waals surface area contributed by atoms with Crippen LogP contribution in [0.2, 0.25) is 0 Å². The highest BCUT2D eigenvalue weighted by Crippen LogP contribution is 2.33. The smallest absolute Gasteiger partial charge is 0.241 e. The molecule has 0 spiro atoms. The SMILES string of the molecule is CC(C)C1NC(c2cccs2)N(CC2CCOC2C)C1=O. The number of rotatable bonds is 4. The number of amides is 1. The predicted molar refractivity (Wildman–Crippen MR) is 84.1 cm³/mol. The van der Waals surface area contributed by atoms with Gasteiger partial charge in [-0.15, -0.1) is 11.3 Å². The summed E-state index contributed by atoms with van der Waals surface area (Å²) in [5.41, 5.74) is 0. The highest BCUT2D eigenvalue weighted by Gasteiger charge is 2.43. The van der Waals surface area contributed by atoms with Crippen LogP contribution in [-0.2, 0) is 9.53 Å². The van der Waals surface area contributed by atoms with Crippen LogP contribution in [0.5, 0.6) is 0 Å². The van der Waals surface area contributed by atoms with Crippen molar-refractivity contribution < 1.29 is 9.53 Å². The monoisotopic (exact) mass is 308 g/mol. The zero-order valence-corrected chi connectivity index (χ0v) is 13.7. The maximum Gasteiger partial charge on any atom is 0.241 e. The van der Waals surface area contributed by atoms with Gasteiger partial charge < -0.3 is 9.64 Å². The molecule has 4 atom stereocenters. The van der Waals surface area contributed by atoms with E-state index in [-0.39, 0.29) is 24.2 Å². The number of hydrogen-bond donors (Lipinski definition) is 1. The van der Waals surface area contributed by atoms with Crippen molar-refractivity contribution in [2.45, 2.75) is 45.5 Å². The molecule has 21 heavy (non-hydrogen) atoms. The van der Waals surface area contributed by atoms with Gasteiger partial charge in [-0.05, 0) is 30.7 Å². The summed E-state index contributed by atoms with van der Waals surface area (Å²) in [4.78, 5) is 16.0. The molecule has 1 aromatic heterocycles. The number of carbonyl (C=O) groups excluding carboxylic acids is 1. The number of ether oxygens (including phenoxy) is 1. The standard InChI is InChI=1S/C16H24N2O2S/c1-10(2)14-16(19)18(9-12-6-7-20-11(12)3)15(17-14)13-5-4-8-21-13/h4-5,8,10-12,14-15,17H,6-7,9H2,1-3H3. The van der Waals surface area contributed by atoms with Crippen molar-refractivity contribution in [1.29, 1.82) is 0 Å². The lowest BCUT2D eigenvalue weighted by molar-refractivity contribution is -0.131. The van der Waals surface area contributed by atoms with E-state index >= 15 is 0 Å². The summed E-state index contributed by atoms with van der Waals surface area (Å²) in [6.45, 7) is 7.93. The lowest BCUT2D eigenvalue weighted by Crippen LogP contribution is -2.38. The maximum atomic E-state index is 12.8. The quantitative estimate of drug-likeness (QED) is 0.929. The van der Waals surface area contributed by atoms with Gasteiger partial charge in [0.1, 0.15) is 6.17 Å². The minimum Gasteiger partial charge on any atom is -0.378 e. The molecule has 0 radical (unpaired) electrons. The minimum absolute atomic E-state index is 0.0256. The molecule has 1 aromatic rings. The molecule has 3 heterocycles. The third-order valence-electron chi connectivity index (χ3n) is 4.64. The normalized spacial score (nSPS) is 33.3. The Labute approximate surface area is 130 Å². The Kier molecular flexibility index (Phi) is 4.33. The van der Waals surface area contributed by atoms with E-state index in [0.29, 0.717) is 11.8 Å². The van der Waals surface area contributed by atoms with Crippen LogP contribution in [0.4, 0.5) is 0 Å². The van der Waals surface area contributed by atoms with Crippen molar-refractivity contribution in [1.82, 2.24) is 10.2 Å². The fourth-order valence-electron chi connectivity index (χ4n) is 3.26. The molecule has 1 amide bonds. The van der Waals surface area contributed by atoms with Crippen LogP contribution in [0.25, 0.3) is 0 Å². The van der Waals surface area contributed by atoms with E-state index in [1.807, 2.05) is 11.0 Å². The third kappa shape index (κ3) is 2.87. The molecule has 116 valence electrons. The van der Waals surface area contributed by atoms with Gasteiger partial charge in [0.05, 0.1) is 12.1 Å². The zero-order chi connectivity index (χ0) is 15.0. The maximum absolute atomic E-state index is 12.8.